The molecule has 2 heterocycles. The minimum absolute atomic E-state index is 0.259. The second-order valence-electron chi connectivity index (χ2n) is 4.34. The number of nitrogens with two attached hydrogens (primary N) is 1. The molecule has 2 aliphatic heterocycles. The van der Waals surface area contributed by atoms with Gasteiger partial charge in [0.25, 0.3) is 0 Å². The van der Waals surface area contributed by atoms with E-state index in [-0.39, 0.29) is 11.5 Å². The van der Waals surface area contributed by atoms with Crippen molar-refractivity contribution in [3.05, 3.63) is 29.3 Å². The maximum absolute atomic E-state index is 11.5. The molecule has 9 heteroatoms. The van der Waals surface area contributed by atoms with E-state index >= 15 is 0 Å². The van der Waals surface area contributed by atoms with E-state index in [9.17, 15) is 9.90 Å². The number of nitrogens with one attached hydrogen (secondary N) is 1. The number of carbonyl (C=O) groups is 1. The highest BCUT2D eigenvalue weighted by atomic mass is 16.4. The van der Waals surface area contributed by atoms with E-state index in [1.807, 2.05) is 0 Å². The summed E-state index contributed by atoms with van der Waals surface area (Å²) >= 11 is 0. The lowest BCUT2D eigenvalue weighted by molar-refractivity contribution is -0.268. The van der Waals surface area contributed by atoms with Crippen molar-refractivity contribution in [1.82, 2.24) is 15.6 Å². The summed E-state index contributed by atoms with van der Waals surface area (Å²) in [6.45, 7) is 0. The van der Waals surface area contributed by atoms with Crippen molar-refractivity contribution >= 4 is 17.6 Å². The van der Waals surface area contributed by atoms with Crippen LogP contribution in [0.15, 0.2) is 28.4 Å². The lowest BCUT2D eigenvalue weighted by Crippen LogP contribution is -2.48. The van der Waals surface area contributed by atoms with Crippen molar-refractivity contribution in [2.75, 3.05) is 7.05 Å². The first-order chi connectivity index (χ1) is 9.49. The fraction of sp³-hybridized carbons (Fsp3) is 0.182. The summed E-state index contributed by atoms with van der Waals surface area (Å²) in [6.07, 6.45) is -0.404. The first-order valence-corrected chi connectivity index (χ1v) is 5.74. The highest BCUT2D eigenvalue weighted by Crippen LogP contribution is 2.23. The Morgan fingerprint density at radius 2 is 2.30 bits per heavy atom. The van der Waals surface area contributed by atoms with Crippen LogP contribution in [0.5, 0.6) is 5.75 Å². The second kappa shape index (κ2) is 4.02. The van der Waals surface area contributed by atoms with Crippen molar-refractivity contribution in [3.63, 3.8) is 0 Å². The fourth-order valence-electron chi connectivity index (χ4n) is 2.19. The van der Waals surface area contributed by atoms with Crippen molar-refractivity contribution < 1.29 is 15.0 Å². The largest absolute Gasteiger partial charge is 0.872 e. The molecule has 1 atom stereocenters. The molecule has 1 unspecified atom stereocenters. The predicted molar refractivity (Wildman–Crippen MR) is 67.5 cm³/mol. The summed E-state index contributed by atoms with van der Waals surface area (Å²) in [5.74, 6) is -1.55. The number of aromatic carboxylic acids is 1. The summed E-state index contributed by atoms with van der Waals surface area (Å²) in [5.41, 5.74) is 9.28. The number of rotatable bonds is 2. The Bertz CT molecular complexity index is 656. The van der Waals surface area contributed by atoms with Gasteiger partial charge in [0.2, 0.25) is 5.96 Å². The molecular weight excluding hydrogens is 264 g/mol. The topological polar surface area (TPSA) is 130 Å². The summed E-state index contributed by atoms with van der Waals surface area (Å²) in [7, 11) is 1.69. The number of carboxylic acid groups (broad SMARTS) is 1. The van der Waals surface area contributed by atoms with Crippen molar-refractivity contribution in [3.8, 4) is 5.75 Å². The average molecular weight is 275 g/mol. The first-order valence-electron chi connectivity index (χ1n) is 5.74. The minimum Gasteiger partial charge on any atom is -0.872 e. The third-order valence-electron chi connectivity index (χ3n) is 3.11. The molecule has 1 aromatic rings. The van der Waals surface area contributed by atoms with Gasteiger partial charge < -0.3 is 15.9 Å². The van der Waals surface area contributed by atoms with Gasteiger partial charge in [-0.2, -0.15) is 5.10 Å². The molecule has 2 aliphatic rings. The Balaban J connectivity index is 2.01. The van der Waals surface area contributed by atoms with Crippen LogP contribution in [-0.2, 0) is 0 Å². The van der Waals surface area contributed by atoms with Crippen molar-refractivity contribution in [2.45, 2.75) is 6.17 Å². The van der Waals surface area contributed by atoms with Crippen molar-refractivity contribution in [1.29, 1.82) is 0 Å². The molecule has 0 amide bonds. The SMILES string of the molecule is CN1N=C(c2ccc([O-])c(C(=O)O)c2)C2NN=C(N)N21. The van der Waals surface area contributed by atoms with Crippen LogP contribution < -0.4 is 16.3 Å². The van der Waals surface area contributed by atoms with Crippen LogP contribution in [0, 0.1) is 0 Å². The molecule has 3 rings (SSSR count). The predicted octanol–water partition coefficient (Wildman–Crippen LogP) is -1.52. The third-order valence-corrected chi connectivity index (χ3v) is 3.11. The molecule has 104 valence electrons. The zero-order valence-corrected chi connectivity index (χ0v) is 10.4. The van der Waals surface area contributed by atoms with Gasteiger partial charge in [0.05, 0.1) is 5.56 Å². The van der Waals surface area contributed by atoms with Gasteiger partial charge in [0.1, 0.15) is 5.71 Å². The zero-order chi connectivity index (χ0) is 14.4. The molecule has 0 aliphatic carbocycles. The van der Waals surface area contributed by atoms with E-state index < -0.39 is 17.9 Å². The molecule has 0 fully saturated rings. The van der Waals surface area contributed by atoms with E-state index in [0.29, 0.717) is 11.3 Å². The monoisotopic (exact) mass is 275 g/mol. The van der Waals surface area contributed by atoms with Crippen LogP contribution in [0.25, 0.3) is 0 Å². The maximum Gasteiger partial charge on any atom is 0.335 e. The quantitative estimate of drug-likeness (QED) is 0.597. The van der Waals surface area contributed by atoms with Gasteiger partial charge in [-0.15, -0.1) is 5.10 Å². The minimum atomic E-state index is -1.27. The van der Waals surface area contributed by atoms with E-state index in [0.717, 1.165) is 0 Å². The van der Waals surface area contributed by atoms with Gasteiger partial charge >= 0.3 is 5.97 Å². The number of nitrogens with zero attached hydrogens (tertiary/aromatic N) is 4. The van der Waals surface area contributed by atoms with Crippen LogP contribution in [0.4, 0.5) is 0 Å². The number of fused-ring (bicyclic) bond motifs is 1. The molecule has 0 bridgehead atoms. The van der Waals surface area contributed by atoms with Crippen LogP contribution in [0.1, 0.15) is 15.9 Å². The van der Waals surface area contributed by atoms with Gasteiger partial charge in [0.15, 0.2) is 6.17 Å². The highest BCUT2D eigenvalue weighted by molar-refractivity contribution is 6.08. The Morgan fingerprint density at radius 1 is 1.55 bits per heavy atom. The number of hydrazone groups is 2. The van der Waals surface area contributed by atoms with Crippen LogP contribution >= 0.6 is 0 Å². The molecule has 0 radical (unpaired) electrons. The molecule has 0 aromatic heterocycles. The number of hydrazine groups is 1. The number of hydrogen-bond donors (Lipinski definition) is 3. The van der Waals surface area contributed by atoms with E-state index in [4.69, 9.17) is 10.8 Å². The smallest absolute Gasteiger partial charge is 0.335 e. The van der Waals surface area contributed by atoms with E-state index in [2.05, 4.69) is 15.6 Å². The molecular formula is C11H11N6O3-. The second-order valence-corrected chi connectivity index (χ2v) is 4.34. The van der Waals surface area contributed by atoms with Gasteiger partial charge in [-0.3, -0.25) is 5.43 Å². The standard InChI is InChI=1S/C11H12N6O3/c1-16-15-8(9-13-14-11(12)17(9)16)5-2-3-7(18)6(4-5)10(19)20/h2-4,9,13,18H,1H3,(H2,12,14)(H,19,20)/p-1. The molecule has 0 saturated heterocycles. The lowest BCUT2D eigenvalue weighted by atomic mass is 10.0. The van der Waals surface area contributed by atoms with Crippen LogP contribution in [0.2, 0.25) is 0 Å². The summed E-state index contributed by atoms with van der Waals surface area (Å²) in [5, 5.41) is 31.8. The van der Waals surface area contributed by atoms with Crippen molar-refractivity contribution in [2.24, 2.45) is 15.9 Å². The number of benzene rings is 1. The number of carboxylic acids is 1. The van der Waals surface area contributed by atoms with E-state index in [1.54, 1.807) is 12.1 Å². The Hall–Kier alpha value is -2.97. The third kappa shape index (κ3) is 1.60. The van der Waals surface area contributed by atoms with Crippen LogP contribution in [0.3, 0.4) is 0 Å². The molecule has 0 saturated carbocycles. The van der Waals surface area contributed by atoms with Gasteiger partial charge in [-0.25, -0.2) is 14.9 Å². The highest BCUT2D eigenvalue weighted by Gasteiger charge is 2.39. The Labute approximate surface area is 113 Å². The van der Waals surface area contributed by atoms with E-state index in [1.165, 1.54) is 23.3 Å². The zero-order valence-electron chi connectivity index (χ0n) is 10.4. The summed E-state index contributed by atoms with van der Waals surface area (Å²) in [6, 6.07) is 4.04. The summed E-state index contributed by atoms with van der Waals surface area (Å²) in [4.78, 5) is 11.0. The molecule has 0 spiro atoms. The Morgan fingerprint density at radius 3 is 3.00 bits per heavy atom. The van der Waals surface area contributed by atoms with Crippen LogP contribution in [-0.4, -0.2) is 46.1 Å². The number of guanidine groups is 1. The van der Waals surface area contributed by atoms with Gasteiger partial charge in [-0.05, 0) is 6.07 Å². The lowest BCUT2D eigenvalue weighted by Gasteiger charge is -2.23. The van der Waals surface area contributed by atoms with Gasteiger partial charge in [0, 0.05) is 12.6 Å². The maximum atomic E-state index is 11.5. The molecule has 20 heavy (non-hydrogen) atoms. The number of hydrogen-bond acceptors (Lipinski definition) is 8. The molecule has 4 N–H and O–H groups in total. The van der Waals surface area contributed by atoms with Gasteiger partial charge in [-0.1, -0.05) is 17.9 Å². The molecule has 1 aromatic carbocycles. The average Bonchev–Trinajstić information content (AvgIpc) is 2.92. The summed E-state index contributed by atoms with van der Waals surface area (Å²) < 4.78 is 0. The normalized spacial score (nSPS) is 20.4. The Kier molecular flexibility index (Phi) is 2.43. The fourth-order valence-corrected chi connectivity index (χ4v) is 2.19. The first kappa shape index (κ1) is 12.1. The molecule has 9 nitrogen and oxygen atoms in total.